The molecule has 1 heterocycles. The summed E-state index contributed by atoms with van der Waals surface area (Å²) in [7, 11) is 0. The predicted molar refractivity (Wildman–Crippen MR) is 185 cm³/mol. The second-order valence-corrected chi connectivity index (χ2v) is 14.1. The van der Waals surface area contributed by atoms with Gasteiger partial charge >= 0.3 is 0 Å². The van der Waals surface area contributed by atoms with Crippen molar-refractivity contribution >= 4 is 17.5 Å². The summed E-state index contributed by atoms with van der Waals surface area (Å²) in [5.74, 6) is 0.851. The topological polar surface area (TPSA) is 144 Å². The van der Waals surface area contributed by atoms with Crippen molar-refractivity contribution in [3.8, 4) is 16.9 Å². The van der Waals surface area contributed by atoms with Crippen molar-refractivity contribution in [1.29, 1.82) is 0 Å². The van der Waals surface area contributed by atoms with Crippen molar-refractivity contribution in [2.24, 2.45) is 0 Å². The lowest BCUT2D eigenvalue weighted by molar-refractivity contribution is -0.138. The van der Waals surface area contributed by atoms with Gasteiger partial charge in [-0.15, -0.1) is 0 Å². The first kappa shape index (κ1) is 36.2. The molecule has 260 valence electrons. The van der Waals surface area contributed by atoms with E-state index < -0.39 is 31.0 Å². The lowest BCUT2D eigenvalue weighted by atomic mass is 9.84. The number of hydrogen-bond acceptors (Lipinski definition) is 8. The number of aliphatic hydroxyl groups is 5. The number of benzene rings is 2. The monoisotopic (exact) mass is 680 g/mol. The van der Waals surface area contributed by atoms with Crippen LogP contribution < -0.4 is 4.74 Å². The lowest BCUT2D eigenvalue weighted by Gasteiger charge is -2.30. The Hall–Kier alpha value is -3.05. The Labute approximate surface area is 288 Å². The number of aliphatic hydroxyl groups excluding tert-OH is 5. The average Bonchev–Trinajstić information content (AvgIpc) is 4.04. The van der Waals surface area contributed by atoms with Crippen LogP contribution in [0.15, 0.2) is 60.9 Å². The van der Waals surface area contributed by atoms with E-state index in [0.29, 0.717) is 19.1 Å². The molecular formula is C38H49ClN2O7. The Morgan fingerprint density at radius 3 is 2.46 bits per heavy atom. The van der Waals surface area contributed by atoms with Crippen LogP contribution in [0.2, 0.25) is 5.02 Å². The minimum atomic E-state index is -1.73. The van der Waals surface area contributed by atoms with E-state index in [0.717, 1.165) is 66.8 Å². The highest BCUT2D eigenvalue weighted by Gasteiger charge is 2.45. The Morgan fingerprint density at radius 1 is 1.04 bits per heavy atom. The molecule has 5 atom stereocenters. The van der Waals surface area contributed by atoms with E-state index in [4.69, 9.17) is 21.4 Å². The maximum atomic E-state index is 12.3. The van der Waals surface area contributed by atoms with Gasteiger partial charge in [0.2, 0.25) is 5.91 Å². The van der Waals surface area contributed by atoms with Gasteiger partial charge in [0.25, 0.3) is 0 Å². The second-order valence-electron chi connectivity index (χ2n) is 13.7. The molecule has 10 heteroatoms. The number of nitrogens with zero attached hydrogens (tertiary/aromatic N) is 2. The fourth-order valence-corrected chi connectivity index (χ4v) is 6.72. The van der Waals surface area contributed by atoms with Crippen LogP contribution in [0, 0.1) is 0 Å². The Balaban J connectivity index is 1.20. The zero-order valence-electron chi connectivity index (χ0n) is 27.8. The third-order valence-electron chi connectivity index (χ3n) is 10.00. The van der Waals surface area contributed by atoms with E-state index in [2.05, 4.69) is 48.3 Å². The number of amides is 1. The number of ether oxygens (including phenoxy) is 1. The molecule has 2 aliphatic carbocycles. The minimum Gasteiger partial charge on any atom is -0.490 e. The highest BCUT2D eigenvalue weighted by molar-refractivity contribution is 6.31. The molecular weight excluding hydrogens is 632 g/mol. The first-order valence-corrected chi connectivity index (χ1v) is 17.5. The van der Waals surface area contributed by atoms with E-state index in [1.54, 1.807) is 0 Å². The van der Waals surface area contributed by atoms with Crippen LogP contribution in [0.5, 0.6) is 5.75 Å². The summed E-state index contributed by atoms with van der Waals surface area (Å²) in [6.07, 6.45) is 5.33. The van der Waals surface area contributed by atoms with Crippen molar-refractivity contribution in [2.75, 3.05) is 19.7 Å². The molecule has 0 saturated heterocycles. The van der Waals surface area contributed by atoms with Crippen molar-refractivity contribution in [3.63, 3.8) is 0 Å². The van der Waals surface area contributed by atoms with Gasteiger partial charge in [-0.3, -0.25) is 9.78 Å². The fourth-order valence-electron chi connectivity index (χ4n) is 6.51. The number of hydrogen-bond donors (Lipinski definition) is 5. The van der Waals surface area contributed by atoms with Crippen molar-refractivity contribution < 1.29 is 35.1 Å². The molecule has 5 N–H and O–H groups in total. The maximum absolute atomic E-state index is 12.3. The van der Waals surface area contributed by atoms with Crippen molar-refractivity contribution in [3.05, 3.63) is 82.6 Å². The van der Waals surface area contributed by atoms with E-state index in [1.807, 2.05) is 24.5 Å². The average molecular weight is 681 g/mol. The van der Waals surface area contributed by atoms with Gasteiger partial charge in [-0.05, 0) is 103 Å². The highest BCUT2D eigenvalue weighted by Crippen LogP contribution is 2.55. The van der Waals surface area contributed by atoms with Gasteiger partial charge in [0.05, 0.1) is 12.7 Å². The van der Waals surface area contributed by atoms with E-state index >= 15 is 0 Å². The number of aromatic nitrogens is 1. The molecule has 2 fully saturated rings. The third kappa shape index (κ3) is 8.94. The molecule has 1 amide bonds. The highest BCUT2D eigenvalue weighted by atomic mass is 35.5. The Morgan fingerprint density at radius 2 is 1.77 bits per heavy atom. The van der Waals surface area contributed by atoms with Crippen LogP contribution in [0.3, 0.4) is 0 Å². The number of aryl methyl sites for hydroxylation is 1. The fraction of sp³-hybridized carbons (Fsp3) is 0.526. The van der Waals surface area contributed by atoms with E-state index in [-0.39, 0.29) is 23.8 Å². The smallest absolute Gasteiger partial charge is 0.219 e. The van der Waals surface area contributed by atoms with Crippen LogP contribution in [-0.4, -0.2) is 91.5 Å². The molecule has 0 radical (unpaired) electrons. The van der Waals surface area contributed by atoms with Crippen molar-refractivity contribution in [1.82, 2.24) is 9.88 Å². The van der Waals surface area contributed by atoms with E-state index in [9.17, 15) is 25.2 Å². The summed E-state index contributed by atoms with van der Waals surface area (Å²) >= 11 is 6.74. The summed E-state index contributed by atoms with van der Waals surface area (Å²) in [5, 5.41) is 49.8. The summed E-state index contributed by atoms with van der Waals surface area (Å²) in [4.78, 5) is 18.2. The van der Waals surface area contributed by atoms with Gasteiger partial charge in [0.1, 0.15) is 30.2 Å². The molecule has 1 unspecified atom stereocenters. The Kier molecular flexibility index (Phi) is 12.2. The summed E-state index contributed by atoms with van der Waals surface area (Å²) in [6, 6.07) is 16.6. The molecule has 48 heavy (non-hydrogen) atoms. The molecule has 2 aromatic carbocycles. The lowest BCUT2D eigenvalue weighted by Crippen LogP contribution is -2.50. The van der Waals surface area contributed by atoms with Gasteiger partial charge in [0.15, 0.2) is 0 Å². The molecule has 2 aliphatic rings. The molecule has 2 saturated carbocycles. The van der Waals surface area contributed by atoms with Gasteiger partial charge in [-0.2, -0.15) is 0 Å². The second kappa shape index (κ2) is 16.1. The van der Waals surface area contributed by atoms with E-state index in [1.165, 1.54) is 28.5 Å². The number of carbonyl (C=O) groups is 1. The van der Waals surface area contributed by atoms with Crippen LogP contribution in [0.4, 0.5) is 0 Å². The molecule has 5 rings (SSSR count). The zero-order chi connectivity index (χ0) is 34.4. The number of para-hydroxylation sites is 1. The number of rotatable bonds is 18. The van der Waals surface area contributed by atoms with Crippen molar-refractivity contribution in [2.45, 2.75) is 107 Å². The standard InChI is InChI=1S/C38H49ClN2O7/c1-24(6-5-19-41(25(2)43)22-33(44)36(46)37(47)34(45)23-42)26-9-12-32(39)27(20-26)13-15-38(16-17-38)31-21-40-18-14-29(31)30-7-3-4-8-35(30)48-28-10-11-28/h3-4,7-9,12,14,18,20-21,24,28,33-34,36-37,42,44-47H,5-6,10-11,13,15-17,19,22-23H2,1-2H3/t24?,33-,34+,36+,37+/m0/s1. The minimum absolute atomic E-state index is 0.0434. The van der Waals surface area contributed by atoms with Gasteiger partial charge < -0.3 is 35.2 Å². The molecule has 0 spiro atoms. The molecule has 0 aliphatic heterocycles. The Bertz CT molecular complexity index is 1530. The summed E-state index contributed by atoms with van der Waals surface area (Å²) in [6.45, 7) is 2.91. The molecule has 3 aromatic rings. The van der Waals surface area contributed by atoms with Crippen LogP contribution in [-0.2, 0) is 16.6 Å². The normalized spacial score (nSPS) is 18.4. The van der Waals surface area contributed by atoms with Gasteiger partial charge in [-0.25, -0.2) is 0 Å². The van der Waals surface area contributed by atoms with Gasteiger partial charge in [-0.1, -0.05) is 48.9 Å². The van der Waals surface area contributed by atoms with Crippen LogP contribution >= 0.6 is 11.6 Å². The largest absolute Gasteiger partial charge is 0.490 e. The molecule has 0 bridgehead atoms. The first-order chi connectivity index (χ1) is 23.0. The number of halogens is 1. The predicted octanol–water partition coefficient (Wildman–Crippen LogP) is 4.78. The SMILES string of the molecule is CC(=O)N(CCCC(C)c1ccc(Cl)c(CCC2(c3cnccc3-c3ccccc3OC3CC3)CC2)c1)C[C@H](O)[C@@H](O)[C@H](O)[C@H](O)CO. The quantitative estimate of drug-likeness (QED) is 0.129. The zero-order valence-corrected chi connectivity index (χ0v) is 28.6. The third-order valence-corrected chi connectivity index (χ3v) is 10.4. The first-order valence-electron chi connectivity index (χ1n) is 17.1. The summed E-state index contributed by atoms with van der Waals surface area (Å²) < 4.78 is 6.28. The van der Waals surface area contributed by atoms with Crippen LogP contribution in [0.1, 0.15) is 81.4 Å². The molecule has 9 nitrogen and oxygen atoms in total. The number of pyridine rings is 1. The number of carbonyl (C=O) groups excluding carboxylic acids is 1. The molecule has 1 aromatic heterocycles. The van der Waals surface area contributed by atoms with Crippen LogP contribution in [0.25, 0.3) is 11.1 Å². The van der Waals surface area contributed by atoms with Gasteiger partial charge in [0, 0.05) is 43.0 Å². The maximum Gasteiger partial charge on any atom is 0.219 e. The summed E-state index contributed by atoms with van der Waals surface area (Å²) in [5.41, 5.74) is 5.90.